The van der Waals surface area contributed by atoms with Crippen molar-refractivity contribution in [2.45, 2.75) is 19.8 Å². The van der Waals surface area contributed by atoms with Gasteiger partial charge in [0.25, 0.3) is 17.7 Å². The van der Waals surface area contributed by atoms with Crippen molar-refractivity contribution < 1.29 is 14.4 Å². The van der Waals surface area contributed by atoms with Gasteiger partial charge in [-0.1, -0.05) is 42.8 Å². The van der Waals surface area contributed by atoms with E-state index in [1.54, 1.807) is 54.6 Å². The van der Waals surface area contributed by atoms with Gasteiger partial charge in [0, 0.05) is 24.3 Å². The van der Waals surface area contributed by atoms with Crippen molar-refractivity contribution in [3.05, 3.63) is 70.9 Å². The average molecular weight is 424 g/mol. The summed E-state index contributed by atoms with van der Waals surface area (Å²) in [5.74, 6) is -0.511. The molecule has 6 nitrogen and oxygen atoms in total. The topological polar surface area (TPSA) is 69.7 Å². The van der Waals surface area contributed by atoms with E-state index in [1.165, 1.54) is 0 Å². The number of benzene rings is 2. The summed E-state index contributed by atoms with van der Waals surface area (Å²) in [7, 11) is 0. The van der Waals surface area contributed by atoms with Gasteiger partial charge in [0.1, 0.15) is 10.7 Å². The first kappa shape index (κ1) is 20.2. The molecule has 7 heteroatoms. The van der Waals surface area contributed by atoms with Crippen LogP contribution < -0.4 is 10.2 Å². The molecule has 30 heavy (non-hydrogen) atoms. The highest BCUT2D eigenvalue weighted by molar-refractivity contribution is 6.53. The lowest BCUT2D eigenvalue weighted by Gasteiger charge is -2.30. The van der Waals surface area contributed by atoms with Crippen molar-refractivity contribution in [3.8, 4) is 0 Å². The third-order valence-electron chi connectivity index (χ3n) is 5.49. The Morgan fingerprint density at radius 3 is 2.40 bits per heavy atom. The van der Waals surface area contributed by atoms with E-state index in [0.717, 1.165) is 30.8 Å². The predicted molar refractivity (Wildman–Crippen MR) is 116 cm³/mol. The molecule has 1 saturated heterocycles. The van der Waals surface area contributed by atoms with E-state index in [2.05, 4.69) is 12.2 Å². The van der Waals surface area contributed by atoms with Crippen molar-refractivity contribution in [1.82, 2.24) is 4.90 Å². The van der Waals surface area contributed by atoms with Gasteiger partial charge in [-0.05, 0) is 49.1 Å². The maximum absolute atomic E-state index is 12.9. The Balaban J connectivity index is 1.53. The summed E-state index contributed by atoms with van der Waals surface area (Å²) in [4.78, 5) is 41.1. The fraction of sp³-hybridized carbons (Fsp3) is 0.261. The van der Waals surface area contributed by atoms with Gasteiger partial charge < -0.3 is 10.2 Å². The molecule has 2 aromatic rings. The van der Waals surface area contributed by atoms with Crippen LogP contribution in [-0.4, -0.2) is 35.7 Å². The van der Waals surface area contributed by atoms with Crippen LogP contribution in [0.4, 0.5) is 11.4 Å². The van der Waals surface area contributed by atoms with Crippen LogP contribution in [0.1, 0.15) is 30.1 Å². The molecule has 0 atom stereocenters. The van der Waals surface area contributed by atoms with E-state index in [-0.39, 0.29) is 16.6 Å². The molecule has 0 spiro atoms. The van der Waals surface area contributed by atoms with Crippen LogP contribution in [0.15, 0.2) is 65.3 Å². The molecule has 0 unspecified atom stereocenters. The highest BCUT2D eigenvalue weighted by atomic mass is 35.5. The van der Waals surface area contributed by atoms with Gasteiger partial charge >= 0.3 is 0 Å². The summed E-state index contributed by atoms with van der Waals surface area (Å²) in [6.07, 6.45) is 2.00. The van der Waals surface area contributed by atoms with Crippen molar-refractivity contribution in [3.63, 3.8) is 0 Å². The first-order chi connectivity index (χ1) is 14.5. The fourth-order valence-corrected chi connectivity index (χ4v) is 3.90. The minimum atomic E-state index is -0.579. The van der Waals surface area contributed by atoms with E-state index in [9.17, 15) is 14.4 Å². The van der Waals surface area contributed by atoms with Crippen molar-refractivity contribution in [2.24, 2.45) is 5.92 Å². The molecular weight excluding hydrogens is 402 g/mol. The van der Waals surface area contributed by atoms with Crippen LogP contribution in [0.3, 0.4) is 0 Å². The normalized spacial score (nSPS) is 17.7. The van der Waals surface area contributed by atoms with Gasteiger partial charge in [0.2, 0.25) is 0 Å². The second kappa shape index (κ2) is 8.32. The van der Waals surface area contributed by atoms with Crippen LogP contribution in [0.2, 0.25) is 0 Å². The summed E-state index contributed by atoms with van der Waals surface area (Å²) < 4.78 is 0. The number of carbonyl (C=O) groups excluding carboxylic acids is 3. The zero-order valence-electron chi connectivity index (χ0n) is 16.6. The van der Waals surface area contributed by atoms with Gasteiger partial charge in [-0.25, -0.2) is 4.90 Å². The summed E-state index contributed by atoms with van der Waals surface area (Å²) >= 11 is 6.19. The molecule has 154 valence electrons. The standard InChI is InChI=1S/C23H22ClN3O3/c1-15-10-12-26(13-11-15)21(28)16-6-5-7-17(14-16)25-20-19(24)22(29)27(23(20)30)18-8-3-2-4-9-18/h2-9,14-15,25H,10-13H2,1H3. The summed E-state index contributed by atoms with van der Waals surface area (Å²) in [5, 5.41) is 2.77. The van der Waals surface area contributed by atoms with Crippen LogP contribution in [0, 0.1) is 5.92 Å². The fourth-order valence-electron chi connectivity index (χ4n) is 3.69. The third-order valence-corrected chi connectivity index (χ3v) is 5.84. The Bertz CT molecular complexity index is 1030. The minimum Gasteiger partial charge on any atom is -0.350 e. The number of likely N-dealkylation sites (tertiary alicyclic amines) is 1. The molecule has 0 aromatic heterocycles. The zero-order valence-corrected chi connectivity index (χ0v) is 17.4. The van der Waals surface area contributed by atoms with Gasteiger partial charge in [-0.2, -0.15) is 0 Å². The Kier molecular flexibility index (Phi) is 5.59. The number of imide groups is 1. The molecule has 4 rings (SSSR count). The van der Waals surface area contributed by atoms with Crippen LogP contribution >= 0.6 is 11.6 Å². The Labute approximate surface area is 180 Å². The van der Waals surface area contributed by atoms with Crippen LogP contribution in [0.25, 0.3) is 0 Å². The van der Waals surface area contributed by atoms with Gasteiger partial charge in [-0.15, -0.1) is 0 Å². The van der Waals surface area contributed by atoms with Crippen molar-refractivity contribution in [2.75, 3.05) is 23.3 Å². The molecular formula is C23H22ClN3O3. The number of rotatable bonds is 4. The van der Waals surface area contributed by atoms with Gasteiger partial charge in [0.15, 0.2) is 0 Å². The molecule has 2 aliphatic heterocycles. The van der Waals surface area contributed by atoms with Gasteiger partial charge in [0.05, 0.1) is 5.69 Å². The highest BCUT2D eigenvalue weighted by Crippen LogP contribution is 2.30. The average Bonchev–Trinajstić information content (AvgIpc) is 2.98. The Morgan fingerprint density at radius 1 is 1.00 bits per heavy atom. The van der Waals surface area contributed by atoms with Crippen LogP contribution in [0.5, 0.6) is 0 Å². The minimum absolute atomic E-state index is 0.00177. The number of hydrogen-bond acceptors (Lipinski definition) is 4. The first-order valence-electron chi connectivity index (χ1n) is 9.95. The smallest absolute Gasteiger partial charge is 0.283 e. The molecule has 0 saturated carbocycles. The van der Waals surface area contributed by atoms with E-state index in [4.69, 9.17) is 11.6 Å². The van der Waals surface area contributed by atoms with Crippen molar-refractivity contribution >= 4 is 40.7 Å². The number of piperidine rings is 1. The van der Waals surface area contributed by atoms with E-state index in [1.807, 2.05) is 4.90 Å². The molecule has 1 N–H and O–H groups in total. The number of hydrogen-bond donors (Lipinski definition) is 1. The van der Waals surface area contributed by atoms with Crippen molar-refractivity contribution in [1.29, 1.82) is 0 Å². The molecule has 0 radical (unpaired) electrons. The first-order valence-corrected chi connectivity index (χ1v) is 10.3. The lowest BCUT2D eigenvalue weighted by molar-refractivity contribution is -0.120. The number of carbonyl (C=O) groups is 3. The lowest BCUT2D eigenvalue weighted by atomic mass is 9.98. The summed E-state index contributed by atoms with van der Waals surface area (Å²) in [6, 6.07) is 15.5. The van der Waals surface area contributed by atoms with E-state index >= 15 is 0 Å². The molecule has 2 aliphatic rings. The molecule has 3 amide bonds. The number of anilines is 2. The quantitative estimate of drug-likeness (QED) is 0.755. The van der Waals surface area contributed by atoms with E-state index in [0.29, 0.717) is 22.9 Å². The Hall–Kier alpha value is -3.12. The Morgan fingerprint density at radius 2 is 1.70 bits per heavy atom. The molecule has 2 heterocycles. The summed E-state index contributed by atoms with van der Waals surface area (Å²) in [5.41, 5.74) is 1.51. The second-order valence-corrected chi connectivity index (χ2v) is 8.03. The number of nitrogens with one attached hydrogen (secondary N) is 1. The molecule has 1 fully saturated rings. The maximum Gasteiger partial charge on any atom is 0.283 e. The lowest BCUT2D eigenvalue weighted by Crippen LogP contribution is -2.37. The predicted octanol–water partition coefficient (Wildman–Crippen LogP) is 3.99. The number of nitrogens with zero attached hydrogens (tertiary/aromatic N) is 2. The SMILES string of the molecule is CC1CCN(C(=O)c2cccc(NC3=C(Cl)C(=O)N(c4ccccc4)C3=O)c2)CC1. The molecule has 0 aliphatic carbocycles. The summed E-state index contributed by atoms with van der Waals surface area (Å²) in [6.45, 7) is 3.68. The number of amides is 3. The highest BCUT2D eigenvalue weighted by Gasteiger charge is 2.38. The second-order valence-electron chi connectivity index (χ2n) is 7.65. The maximum atomic E-state index is 12.9. The number of halogens is 1. The monoisotopic (exact) mass is 423 g/mol. The third kappa shape index (κ3) is 3.83. The van der Waals surface area contributed by atoms with E-state index < -0.39 is 11.8 Å². The van der Waals surface area contributed by atoms with Crippen LogP contribution in [-0.2, 0) is 9.59 Å². The molecule has 2 aromatic carbocycles. The zero-order chi connectivity index (χ0) is 21.3. The largest absolute Gasteiger partial charge is 0.350 e. The number of para-hydroxylation sites is 1. The van der Waals surface area contributed by atoms with Gasteiger partial charge in [-0.3, -0.25) is 14.4 Å². The molecule has 0 bridgehead atoms.